The van der Waals surface area contributed by atoms with Crippen LogP contribution in [-0.2, 0) is 11.3 Å². The van der Waals surface area contributed by atoms with Gasteiger partial charge >= 0.3 is 0 Å². The molecular formula is C24H30O4. The molecule has 4 heteroatoms. The lowest BCUT2D eigenvalue weighted by Crippen LogP contribution is -2.16. The summed E-state index contributed by atoms with van der Waals surface area (Å²) in [7, 11) is 0. The lowest BCUT2D eigenvalue weighted by atomic mass is 10.0. The van der Waals surface area contributed by atoms with Crippen LogP contribution in [0.4, 0.5) is 0 Å². The van der Waals surface area contributed by atoms with Crippen LogP contribution in [0.1, 0.15) is 49.8 Å². The van der Waals surface area contributed by atoms with Gasteiger partial charge in [-0.15, -0.1) is 5.73 Å². The van der Waals surface area contributed by atoms with Gasteiger partial charge in [-0.25, -0.2) is 0 Å². The minimum Gasteiger partial charge on any atom is -0.508 e. The van der Waals surface area contributed by atoms with Crippen LogP contribution in [0.5, 0.6) is 5.75 Å². The third kappa shape index (κ3) is 8.12. The Balaban J connectivity index is 1.85. The van der Waals surface area contributed by atoms with Crippen LogP contribution in [0.25, 0.3) is 0 Å². The summed E-state index contributed by atoms with van der Waals surface area (Å²) in [5, 5.41) is 30.0. The number of aromatic hydroxyl groups is 1. The summed E-state index contributed by atoms with van der Waals surface area (Å²) in [6, 6.07) is 16.5. The fourth-order valence-electron chi connectivity index (χ4n) is 2.95. The van der Waals surface area contributed by atoms with E-state index in [9.17, 15) is 15.3 Å². The van der Waals surface area contributed by atoms with Gasteiger partial charge in [0.1, 0.15) is 5.75 Å². The molecule has 0 saturated carbocycles. The number of ether oxygens (including phenoxy) is 1. The first-order chi connectivity index (χ1) is 13.6. The van der Waals surface area contributed by atoms with E-state index in [-0.39, 0.29) is 12.4 Å². The zero-order valence-electron chi connectivity index (χ0n) is 16.4. The van der Waals surface area contributed by atoms with Gasteiger partial charge in [-0.2, -0.15) is 0 Å². The predicted octanol–water partition coefficient (Wildman–Crippen LogP) is 4.67. The van der Waals surface area contributed by atoms with Gasteiger partial charge in [-0.1, -0.05) is 55.8 Å². The molecule has 0 fully saturated rings. The highest BCUT2D eigenvalue weighted by atomic mass is 16.5. The fourth-order valence-corrected chi connectivity index (χ4v) is 2.95. The topological polar surface area (TPSA) is 69.9 Å². The third-order valence-corrected chi connectivity index (χ3v) is 4.36. The predicted molar refractivity (Wildman–Crippen MR) is 111 cm³/mol. The van der Waals surface area contributed by atoms with Gasteiger partial charge in [-0.05, 0) is 41.3 Å². The van der Waals surface area contributed by atoms with Crippen LogP contribution in [0.15, 0.2) is 72.0 Å². The molecule has 0 aliphatic carbocycles. The van der Waals surface area contributed by atoms with Crippen LogP contribution < -0.4 is 0 Å². The number of hydrogen-bond donors (Lipinski definition) is 3. The maximum atomic E-state index is 10.3. The second-order valence-corrected chi connectivity index (χ2v) is 6.91. The summed E-state index contributed by atoms with van der Waals surface area (Å²) in [5.41, 5.74) is 6.00. The molecule has 2 aromatic rings. The smallest absolute Gasteiger partial charge is 0.115 e. The lowest BCUT2D eigenvalue weighted by Gasteiger charge is -2.12. The van der Waals surface area contributed by atoms with Crippen LogP contribution in [0.3, 0.4) is 0 Å². The lowest BCUT2D eigenvalue weighted by molar-refractivity contribution is 0.0285. The minimum absolute atomic E-state index is 0.140. The summed E-state index contributed by atoms with van der Waals surface area (Å²) < 4.78 is 5.61. The zero-order chi connectivity index (χ0) is 20.2. The van der Waals surface area contributed by atoms with E-state index in [0.29, 0.717) is 25.0 Å². The molecule has 0 heterocycles. The molecule has 0 bridgehead atoms. The average Bonchev–Trinajstić information content (AvgIpc) is 2.69. The monoisotopic (exact) mass is 382 g/mol. The van der Waals surface area contributed by atoms with Crippen molar-refractivity contribution >= 4 is 0 Å². The Kier molecular flexibility index (Phi) is 9.53. The largest absolute Gasteiger partial charge is 0.508 e. The van der Waals surface area contributed by atoms with Crippen molar-refractivity contribution in [3.63, 3.8) is 0 Å². The van der Waals surface area contributed by atoms with E-state index in [1.165, 1.54) is 0 Å². The Morgan fingerprint density at radius 2 is 1.89 bits per heavy atom. The van der Waals surface area contributed by atoms with Gasteiger partial charge in [-0.3, -0.25) is 0 Å². The maximum absolute atomic E-state index is 10.3. The van der Waals surface area contributed by atoms with Gasteiger partial charge < -0.3 is 20.1 Å². The number of aliphatic hydroxyl groups excluding tert-OH is 2. The average molecular weight is 383 g/mol. The van der Waals surface area contributed by atoms with E-state index < -0.39 is 12.2 Å². The molecule has 150 valence electrons. The van der Waals surface area contributed by atoms with Crippen molar-refractivity contribution in [1.82, 2.24) is 0 Å². The third-order valence-electron chi connectivity index (χ3n) is 4.36. The molecule has 0 unspecified atom stereocenters. The molecule has 0 spiro atoms. The molecular weight excluding hydrogens is 352 g/mol. The normalized spacial score (nSPS) is 12.8. The highest BCUT2D eigenvalue weighted by Crippen LogP contribution is 2.21. The Hall–Kier alpha value is -2.36. The van der Waals surface area contributed by atoms with Crippen LogP contribution in [-0.4, -0.2) is 28.0 Å². The quantitative estimate of drug-likeness (QED) is 0.494. The molecule has 2 rings (SSSR count). The fraction of sp³-hybridized carbons (Fsp3) is 0.375. The zero-order valence-corrected chi connectivity index (χ0v) is 16.4. The van der Waals surface area contributed by atoms with Crippen molar-refractivity contribution in [2.75, 3.05) is 6.61 Å². The molecule has 2 aromatic carbocycles. The molecule has 0 aromatic heterocycles. The summed E-state index contributed by atoms with van der Waals surface area (Å²) in [6.45, 7) is 2.84. The van der Waals surface area contributed by atoms with E-state index in [4.69, 9.17) is 4.74 Å². The molecule has 0 saturated heterocycles. The SMILES string of the molecule is CCCC(=C=CC[C@@H](O)c1cccc(O)c1)C[C@@H](O)COCc1ccccc1. The molecule has 3 N–H and O–H groups in total. The summed E-state index contributed by atoms with van der Waals surface area (Å²) in [5.74, 6) is 0.140. The summed E-state index contributed by atoms with van der Waals surface area (Å²) in [6.07, 6.45) is 3.23. The van der Waals surface area contributed by atoms with Gasteiger partial charge in [0.15, 0.2) is 0 Å². The summed E-state index contributed by atoms with van der Waals surface area (Å²) >= 11 is 0. The Bertz CT molecular complexity index is 763. The van der Waals surface area contributed by atoms with Crippen molar-refractivity contribution in [2.24, 2.45) is 0 Å². The van der Waals surface area contributed by atoms with Crippen LogP contribution in [0, 0.1) is 0 Å². The minimum atomic E-state index is -0.693. The van der Waals surface area contributed by atoms with Gasteiger partial charge in [0.2, 0.25) is 0 Å². The Morgan fingerprint density at radius 3 is 2.61 bits per heavy atom. The second kappa shape index (κ2) is 12.2. The molecule has 0 aliphatic heterocycles. The van der Waals surface area contributed by atoms with Crippen molar-refractivity contribution in [3.8, 4) is 5.75 Å². The molecule has 2 atom stereocenters. The van der Waals surface area contributed by atoms with Gasteiger partial charge in [0.05, 0.1) is 25.4 Å². The standard InChI is InChI=1S/C24H30O4/c1-2-8-19(11-6-14-24(27)21-12-7-13-22(25)16-21)15-23(26)18-28-17-20-9-4-3-5-10-20/h3-7,9-10,12-13,16,23-27H,2,8,14-15,17-18H2,1H3/t11?,23-,24-/m1/s1. The molecule has 0 aliphatic rings. The van der Waals surface area contributed by atoms with E-state index in [1.807, 2.05) is 30.3 Å². The molecule has 4 nitrogen and oxygen atoms in total. The van der Waals surface area contributed by atoms with Crippen molar-refractivity contribution in [2.45, 2.75) is 51.4 Å². The first-order valence-electron chi connectivity index (χ1n) is 9.78. The highest BCUT2D eigenvalue weighted by molar-refractivity contribution is 5.28. The van der Waals surface area contributed by atoms with Crippen molar-refractivity contribution in [3.05, 3.63) is 83.1 Å². The number of phenols is 1. The second-order valence-electron chi connectivity index (χ2n) is 6.91. The van der Waals surface area contributed by atoms with E-state index >= 15 is 0 Å². The highest BCUT2D eigenvalue weighted by Gasteiger charge is 2.09. The van der Waals surface area contributed by atoms with Crippen molar-refractivity contribution in [1.29, 1.82) is 0 Å². The first kappa shape index (κ1) is 21.9. The summed E-state index contributed by atoms with van der Waals surface area (Å²) in [4.78, 5) is 0. The van der Waals surface area contributed by atoms with Crippen LogP contribution >= 0.6 is 0 Å². The Morgan fingerprint density at radius 1 is 1.11 bits per heavy atom. The molecule has 0 amide bonds. The van der Waals surface area contributed by atoms with Crippen molar-refractivity contribution < 1.29 is 20.1 Å². The number of phenolic OH excluding ortho intramolecular Hbond substituents is 1. The van der Waals surface area contributed by atoms with E-state index in [2.05, 4.69) is 12.7 Å². The number of aliphatic hydroxyl groups is 2. The maximum Gasteiger partial charge on any atom is 0.115 e. The number of rotatable bonds is 11. The van der Waals surface area contributed by atoms with Crippen LogP contribution in [0.2, 0.25) is 0 Å². The Labute approximate surface area is 167 Å². The van der Waals surface area contributed by atoms with Gasteiger partial charge in [0.25, 0.3) is 0 Å². The van der Waals surface area contributed by atoms with Gasteiger partial charge in [0, 0.05) is 12.8 Å². The number of hydrogen-bond acceptors (Lipinski definition) is 4. The number of benzene rings is 2. The van der Waals surface area contributed by atoms with E-state index in [0.717, 1.165) is 24.0 Å². The first-order valence-corrected chi connectivity index (χ1v) is 9.78. The molecule has 28 heavy (non-hydrogen) atoms. The molecule has 0 radical (unpaired) electrons. The van der Waals surface area contributed by atoms with E-state index in [1.54, 1.807) is 30.3 Å².